The van der Waals surface area contributed by atoms with Crippen LogP contribution in [0.4, 0.5) is 15.9 Å². The number of thiazole rings is 1. The van der Waals surface area contributed by atoms with E-state index in [1.54, 1.807) is 22.9 Å². The quantitative estimate of drug-likeness (QED) is 0.482. The van der Waals surface area contributed by atoms with Gasteiger partial charge in [0.2, 0.25) is 0 Å². The fourth-order valence-electron chi connectivity index (χ4n) is 3.48. The molecular weight excluding hydrogens is 405 g/mol. The van der Waals surface area contributed by atoms with Gasteiger partial charge in [-0.2, -0.15) is 0 Å². The molecule has 8 heteroatoms. The van der Waals surface area contributed by atoms with Crippen LogP contribution in [0.25, 0.3) is 0 Å². The van der Waals surface area contributed by atoms with E-state index in [1.807, 2.05) is 30.5 Å². The van der Waals surface area contributed by atoms with E-state index in [9.17, 15) is 4.39 Å². The van der Waals surface area contributed by atoms with Crippen LogP contribution in [0.15, 0.2) is 46.2 Å². The number of nitrogens with one attached hydrogen (secondary N) is 2. The Morgan fingerprint density at radius 1 is 1.28 bits per heavy atom. The lowest BCUT2D eigenvalue weighted by Gasteiger charge is -2.37. The number of hydrogen-bond donors (Lipinski definition) is 2. The van der Waals surface area contributed by atoms with E-state index >= 15 is 0 Å². The minimum absolute atomic E-state index is 0.158. The average Bonchev–Trinajstić information content (AvgIpc) is 3.19. The van der Waals surface area contributed by atoms with Crippen molar-refractivity contribution in [2.75, 3.05) is 23.1 Å². The van der Waals surface area contributed by atoms with Crippen molar-refractivity contribution in [1.82, 2.24) is 14.9 Å². The van der Waals surface area contributed by atoms with E-state index < -0.39 is 0 Å². The second kappa shape index (κ2) is 9.11. The highest BCUT2D eigenvalue weighted by Gasteiger charge is 2.23. The zero-order valence-corrected chi connectivity index (χ0v) is 18.1. The van der Waals surface area contributed by atoms with E-state index in [-0.39, 0.29) is 5.82 Å². The molecule has 1 saturated heterocycles. The van der Waals surface area contributed by atoms with Crippen molar-refractivity contribution in [2.24, 2.45) is 5.92 Å². The summed E-state index contributed by atoms with van der Waals surface area (Å²) in [4.78, 5) is 11.2. The molecule has 5 nitrogen and oxygen atoms in total. The van der Waals surface area contributed by atoms with Crippen molar-refractivity contribution >= 4 is 34.8 Å². The molecule has 0 unspecified atom stereocenters. The lowest BCUT2D eigenvalue weighted by molar-refractivity contribution is 0.104. The first-order chi connectivity index (χ1) is 14.1. The minimum Gasteiger partial charge on any atom is -0.379 e. The van der Waals surface area contributed by atoms with Crippen molar-refractivity contribution in [2.45, 2.75) is 32.0 Å². The summed E-state index contributed by atoms with van der Waals surface area (Å²) in [5.41, 5.74) is 5.36. The summed E-state index contributed by atoms with van der Waals surface area (Å²) in [5, 5.41) is 6.17. The Hall–Kier alpha value is -2.16. The molecular formula is C21H24FN5S2. The van der Waals surface area contributed by atoms with Gasteiger partial charge in [-0.3, -0.25) is 4.90 Å². The first-order valence-corrected chi connectivity index (χ1v) is 11.4. The summed E-state index contributed by atoms with van der Waals surface area (Å²) in [6.45, 7) is 7.61. The third-order valence-electron chi connectivity index (χ3n) is 4.96. The van der Waals surface area contributed by atoms with Gasteiger partial charge in [-0.05, 0) is 36.6 Å². The van der Waals surface area contributed by atoms with Gasteiger partial charge in [0, 0.05) is 49.1 Å². The van der Waals surface area contributed by atoms with Crippen LogP contribution < -0.4 is 10.0 Å². The Labute approximate surface area is 178 Å². The Balaban J connectivity index is 1.39. The van der Waals surface area contributed by atoms with Crippen LogP contribution in [0.2, 0.25) is 0 Å². The number of aryl methyl sites for hydroxylation is 1. The summed E-state index contributed by atoms with van der Waals surface area (Å²) in [6, 6.07) is 9.30. The maximum atomic E-state index is 14.5. The number of anilines is 2. The Morgan fingerprint density at radius 3 is 2.86 bits per heavy atom. The Morgan fingerprint density at radius 2 is 2.14 bits per heavy atom. The van der Waals surface area contributed by atoms with Crippen LogP contribution in [-0.2, 0) is 13.1 Å². The number of pyridine rings is 1. The van der Waals surface area contributed by atoms with Crippen LogP contribution in [0, 0.1) is 18.7 Å². The number of nitrogens with zero attached hydrogens (tertiary/aromatic N) is 3. The van der Waals surface area contributed by atoms with Gasteiger partial charge >= 0.3 is 0 Å². The smallest absolute Gasteiger partial charge is 0.147 e. The molecule has 1 aromatic carbocycles. The fraction of sp³-hybridized carbons (Fsp3) is 0.333. The lowest BCUT2D eigenvalue weighted by Crippen LogP contribution is -2.44. The second-order valence-electron chi connectivity index (χ2n) is 7.39. The molecule has 1 fully saturated rings. The highest BCUT2D eigenvalue weighted by atomic mass is 32.2. The molecule has 0 spiro atoms. The molecule has 0 saturated carbocycles. The zero-order valence-electron chi connectivity index (χ0n) is 16.5. The van der Waals surface area contributed by atoms with Crippen LogP contribution in [-0.4, -0.2) is 28.0 Å². The molecule has 3 aromatic rings. The summed E-state index contributed by atoms with van der Waals surface area (Å²) >= 11 is 2.97. The molecule has 1 aliphatic heterocycles. The average molecular weight is 430 g/mol. The third kappa shape index (κ3) is 5.07. The molecule has 2 aromatic heterocycles. The third-order valence-corrected chi connectivity index (χ3v) is 6.29. The molecule has 1 aliphatic rings. The summed E-state index contributed by atoms with van der Waals surface area (Å²) in [7, 11) is 0. The summed E-state index contributed by atoms with van der Waals surface area (Å²) in [5.74, 6) is 1.40. The van der Waals surface area contributed by atoms with Gasteiger partial charge in [-0.25, -0.2) is 14.4 Å². The van der Waals surface area contributed by atoms with E-state index in [2.05, 4.69) is 31.8 Å². The minimum atomic E-state index is -0.158. The van der Waals surface area contributed by atoms with Gasteiger partial charge in [0.05, 0.1) is 16.9 Å². The van der Waals surface area contributed by atoms with Crippen molar-refractivity contribution < 1.29 is 4.39 Å². The van der Waals surface area contributed by atoms with Crippen molar-refractivity contribution in [1.29, 1.82) is 0 Å². The predicted octanol–water partition coefficient (Wildman–Crippen LogP) is 5.17. The molecule has 0 aliphatic carbocycles. The standard InChI is InChI=1S/C21H24FN5S2/c1-14-9-27(10-14)11-16-4-3-5-18(22)17(16)8-23-19-6-7-21(25-15(19)2)29-26-20-12-28-13-24-20/h3-7,12-14,23,26H,8-11H2,1-2H3. The van der Waals surface area contributed by atoms with Crippen molar-refractivity contribution in [3.8, 4) is 0 Å². The van der Waals surface area contributed by atoms with Crippen LogP contribution in [0.3, 0.4) is 0 Å². The molecule has 0 atom stereocenters. The van der Waals surface area contributed by atoms with E-state index in [0.717, 1.165) is 58.9 Å². The molecule has 0 radical (unpaired) electrons. The number of rotatable bonds is 8. The van der Waals surface area contributed by atoms with Gasteiger partial charge in [0.15, 0.2) is 0 Å². The predicted molar refractivity (Wildman–Crippen MR) is 119 cm³/mol. The number of benzene rings is 1. The maximum Gasteiger partial charge on any atom is 0.147 e. The molecule has 3 heterocycles. The van der Waals surface area contributed by atoms with E-state index in [1.165, 1.54) is 18.0 Å². The maximum absolute atomic E-state index is 14.5. The fourth-order valence-corrected chi connectivity index (χ4v) is 4.68. The van der Waals surface area contributed by atoms with Crippen LogP contribution in [0.1, 0.15) is 23.7 Å². The lowest BCUT2D eigenvalue weighted by atomic mass is 9.99. The van der Waals surface area contributed by atoms with Gasteiger partial charge in [-0.15, -0.1) is 11.3 Å². The van der Waals surface area contributed by atoms with Gasteiger partial charge in [0.1, 0.15) is 16.7 Å². The SMILES string of the molecule is Cc1nc(SNc2cscn2)ccc1NCc1c(F)cccc1CN1CC(C)C1. The highest BCUT2D eigenvalue weighted by Crippen LogP contribution is 2.25. The second-order valence-corrected chi connectivity index (χ2v) is 8.94. The van der Waals surface area contributed by atoms with Crippen LogP contribution in [0.5, 0.6) is 0 Å². The van der Waals surface area contributed by atoms with Gasteiger partial charge in [-0.1, -0.05) is 19.1 Å². The topological polar surface area (TPSA) is 53.1 Å². The zero-order chi connectivity index (χ0) is 20.2. The molecule has 0 bridgehead atoms. The van der Waals surface area contributed by atoms with Crippen molar-refractivity contribution in [3.05, 3.63) is 63.9 Å². The normalized spacial score (nSPS) is 14.6. The number of likely N-dealkylation sites (tertiary alicyclic amines) is 1. The highest BCUT2D eigenvalue weighted by molar-refractivity contribution is 8.00. The largest absolute Gasteiger partial charge is 0.379 e. The molecule has 29 heavy (non-hydrogen) atoms. The van der Waals surface area contributed by atoms with Crippen molar-refractivity contribution in [3.63, 3.8) is 0 Å². The molecule has 2 N–H and O–H groups in total. The Kier molecular flexibility index (Phi) is 6.32. The van der Waals surface area contributed by atoms with Gasteiger partial charge < -0.3 is 10.0 Å². The van der Waals surface area contributed by atoms with E-state index in [0.29, 0.717) is 6.54 Å². The number of hydrogen-bond acceptors (Lipinski definition) is 7. The monoisotopic (exact) mass is 429 g/mol. The molecule has 4 rings (SSSR count). The molecule has 152 valence electrons. The van der Waals surface area contributed by atoms with E-state index in [4.69, 9.17) is 0 Å². The Bertz CT molecular complexity index is 958. The number of halogens is 1. The first kappa shape index (κ1) is 20.1. The van der Waals surface area contributed by atoms with Gasteiger partial charge in [0.25, 0.3) is 0 Å². The summed E-state index contributed by atoms with van der Waals surface area (Å²) < 4.78 is 17.7. The first-order valence-electron chi connectivity index (χ1n) is 9.59. The van der Waals surface area contributed by atoms with Crippen LogP contribution >= 0.6 is 23.3 Å². The number of aromatic nitrogens is 2. The summed E-state index contributed by atoms with van der Waals surface area (Å²) in [6.07, 6.45) is 0. The molecule has 0 amide bonds.